The first-order chi connectivity index (χ1) is 9.81. The highest BCUT2D eigenvalue weighted by Gasteiger charge is 2.10. The Labute approximate surface area is 123 Å². The predicted octanol–water partition coefficient (Wildman–Crippen LogP) is 3.85. The molecule has 0 bridgehead atoms. The number of hydrogen-bond acceptors (Lipinski definition) is 4. The summed E-state index contributed by atoms with van der Waals surface area (Å²) in [5, 5.41) is 1.98. The Balaban J connectivity index is 1.65. The van der Waals surface area contributed by atoms with Crippen molar-refractivity contribution in [3.05, 3.63) is 65.4 Å². The molecule has 0 amide bonds. The molecular formula is C15H13NO2S2. The van der Waals surface area contributed by atoms with Gasteiger partial charge in [-0.05, 0) is 17.0 Å². The van der Waals surface area contributed by atoms with Gasteiger partial charge >= 0.3 is 0 Å². The van der Waals surface area contributed by atoms with E-state index in [0.29, 0.717) is 17.4 Å². The first kappa shape index (κ1) is 13.3. The van der Waals surface area contributed by atoms with Crippen LogP contribution >= 0.6 is 11.3 Å². The van der Waals surface area contributed by atoms with Gasteiger partial charge in [0.15, 0.2) is 0 Å². The number of hydrogen-bond donors (Lipinski definition) is 0. The normalized spacial score (nSPS) is 12.4. The fourth-order valence-corrected chi connectivity index (χ4v) is 3.65. The third-order valence-corrected chi connectivity index (χ3v) is 4.89. The molecule has 0 spiro atoms. The second-order valence-electron chi connectivity index (χ2n) is 4.34. The van der Waals surface area contributed by atoms with Crippen molar-refractivity contribution in [2.24, 2.45) is 0 Å². The van der Waals surface area contributed by atoms with Crippen molar-refractivity contribution in [3.63, 3.8) is 0 Å². The zero-order valence-corrected chi connectivity index (χ0v) is 12.3. The van der Waals surface area contributed by atoms with Crippen LogP contribution in [-0.4, -0.2) is 9.19 Å². The van der Waals surface area contributed by atoms with Crippen molar-refractivity contribution in [2.75, 3.05) is 0 Å². The maximum Gasteiger partial charge on any atom is 0.236 e. The van der Waals surface area contributed by atoms with Crippen LogP contribution in [0.25, 0.3) is 10.8 Å². The standard InChI is InChI=1S/C15H13NO2S2/c17-20(10-12-5-2-1-3-6-12)11-13-9-18-15(16-13)14-7-4-8-19-14/h1-9H,10-11H2/t20-/m0/s1. The highest BCUT2D eigenvalue weighted by atomic mass is 32.2. The van der Waals surface area contributed by atoms with Gasteiger partial charge in [-0.25, -0.2) is 4.98 Å². The van der Waals surface area contributed by atoms with Crippen LogP contribution < -0.4 is 0 Å². The van der Waals surface area contributed by atoms with Gasteiger partial charge in [0, 0.05) is 16.6 Å². The van der Waals surface area contributed by atoms with E-state index in [1.165, 1.54) is 0 Å². The van der Waals surface area contributed by atoms with E-state index in [9.17, 15) is 4.21 Å². The van der Waals surface area contributed by atoms with Crippen molar-refractivity contribution in [2.45, 2.75) is 11.5 Å². The number of rotatable bonds is 5. The van der Waals surface area contributed by atoms with Crippen molar-refractivity contribution < 1.29 is 8.63 Å². The Morgan fingerprint density at radius 3 is 2.70 bits per heavy atom. The minimum atomic E-state index is -0.975. The van der Waals surface area contributed by atoms with Crippen molar-refractivity contribution in [3.8, 4) is 10.8 Å². The molecule has 3 aromatic rings. The topological polar surface area (TPSA) is 43.1 Å². The lowest BCUT2D eigenvalue weighted by atomic mass is 10.2. The number of aromatic nitrogens is 1. The van der Waals surface area contributed by atoms with Crippen LogP contribution in [0.1, 0.15) is 11.3 Å². The van der Waals surface area contributed by atoms with Crippen molar-refractivity contribution in [1.82, 2.24) is 4.98 Å². The molecule has 0 aliphatic rings. The molecule has 5 heteroatoms. The van der Waals surface area contributed by atoms with Crippen molar-refractivity contribution in [1.29, 1.82) is 0 Å². The third kappa shape index (κ3) is 3.23. The summed E-state index contributed by atoms with van der Waals surface area (Å²) in [6.45, 7) is 0. The summed E-state index contributed by atoms with van der Waals surface area (Å²) in [7, 11) is -0.975. The molecule has 20 heavy (non-hydrogen) atoms. The number of nitrogens with zero attached hydrogens (tertiary/aromatic N) is 1. The molecule has 0 fully saturated rings. The molecule has 102 valence electrons. The second-order valence-corrected chi connectivity index (χ2v) is 6.74. The van der Waals surface area contributed by atoms with E-state index >= 15 is 0 Å². The molecule has 3 nitrogen and oxygen atoms in total. The summed E-state index contributed by atoms with van der Waals surface area (Å²) in [5.74, 6) is 1.57. The second kappa shape index (κ2) is 6.15. The lowest BCUT2D eigenvalue weighted by Crippen LogP contribution is -1.99. The van der Waals surface area contributed by atoms with Crippen LogP contribution in [0.15, 0.2) is 58.5 Å². The Morgan fingerprint density at radius 2 is 1.95 bits per heavy atom. The molecule has 0 saturated carbocycles. The van der Waals surface area contributed by atoms with E-state index in [0.717, 1.165) is 16.1 Å². The molecule has 1 atom stereocenters. The van der Waals surface area contributed by atoms with Crippen LogP contribution in [0.4, 0.5) is 0 Å². The molecule has 0 unspecified atom stereocenters. The summed E-state index contributed by atoms with van der Waals surface area (Å²) >= 11 is 1.58. The molecule has 0 N–H and O–H groups in total. The van der Waals surface area contributed by atoms with E-state index in [2.05, 4.69) is 4.98 Å². The summed E-state index contributed by atoms with van der Waals surface area (Å²) in [6, 6.07) is 13.8. The van der Waals surface area contributed by atoms with E-state index in [1.54, 1.807) is 17.6 Å². The van der Waals surface area contributed by atoms with Gasteiger partial charge in [0.25, 0.3) is 0 Å². The molecule has 1 aromatic carbocycles. The van der Waals surface area contributed by atoms with E-state index in [1.807, 2.05) is 47.8 Å². The zero-order chi connectivity index (χ0) is 13.8. The fourth-order valence-electron chi connectivity index (χ4n) is 1.86. The van der Waals surface area contributed by atoms with Gasteiger partial charge in [0.05, 0.1) is 16.3 Å². The van der Waals surface area contributed by atoms with Crippen LogP contribution in [-0.2, 0) is 22.3 Å². The summed E-state index contributed by atoms with van der Waals surface area (Å²) in [6.07, 6.45) is 1.60. The summed E-state index contributed by atoms with van der Waals surface area (Å²) in [4.78, 5) is 5.38. The smallest absolute Gasteiger partial charge is 0.236 e. The molecular weight excluding hydrogens is 290 g/mol. The van der Waals surface area contributed by atoms with Crippen LogP contribution in [0.2, 0.25) is 0 Å². The highest BCUT2D eigenvalue weighted by Crippen LogP contribution is 2.24. The van der Waals surface area contributed by atoms with Gasteiger partial charge in [0.1, 0.15) is 6.26 Å². The van der Waals surface area contributed by atoms with Crippen LogP contribution in [0.5, 0.6) is 0 Å². The lowest BCUT2D eigenvalue weighted by molar-refractivity contribution is 0.574. The molecule has 3 rings (SSSR count). The van der Waals surface area contributed by atoms with Gasteiger partial charge in [-0.2, -0.15) is 0 Å². The van der Waals surface area contributed by atoms with Gasteiger partial charge in [-0.15, -0.1) is 11.3 Å². The maximum atomic E-state index is 12.1. The Kier molecular flexibility index (Phi) is 4.08. The Bertz CT molecular complexity index is 690. The lowest BCUT2D eigenvalue weighted by Gasteiger charge is -1.99. The largest absolute Gasteiger partial charge is 0.444 e. The molecule has 2 aromatic heterocycles. The quantitative estimate of drug-likeness (QED) is 0.719. The third-order valence-electron chi connectivity index (χ3n) is 2.76. The van der Waals surface area contributed by atoms with Gasteiger partial charge in [0.2, 0.25) is 5.89 Å². The molecule has 0 aliphatic carbocycles. The average Bonchev–Trinajstić information content (AvgIpc) is 3.10. The van der Waals surface area contributed by atoms with E-state index in [4.69, 9.17) is 4.42 Å². The van der Waals surface area contributed by atoms with E-state index in [-0.39, 0.29) is 0 Å². The monoisotopic (exact) mass is 303 g/mol. The van der Waals surface area contributed by atoms with E-state index < -0.39 is 10.8 Å². The van der Waals surface area contributed by atoms with Gasteiger partial charge in [-0.1, -0.05) is 36.4 Å². The highest BCUT2D eigenvalue weighted by molar-refractivity contribution is 7.83. The predicted molar refractivity (Wildman–Crippen MR) is 81.8 cm³/mol. The SMILES string of the molecule is O=[S@@](Cc1ccccc1)Cc1coc(-c2cccs2)n1. The number of oxazole rings is 1. The molecule has 0 radical (unpaired) electrons. The summed E-state index contributed by atoms with van der Waals surface area (Å²) < 4.78 is 17.5. The van der Waals surface area contributed by atoms with Crippen LogP contribution in [0, 0.1) is 0 Å². The Hall–Kier alpha value is -1.72. The fraction of sp³-hybridized carbons (Fsp3) is 0.133. The average molecular weight is 303 g/mol. The minimum absolute atomic E-state index is 0.420. The Morgan fingerprint density at radius 1 is 1.10 bits per heavy atom. The van der Waals surface area contributed by atoms with Gasteiger partial charge < -0.3 is 4.42 Å². The summed E-state index contributed by atoms with van der Waals surface area (Å²) in [5.41, 5.74) is 1.82. The zero-order valence-electron chi connectivity index (χ0n) is 10.7. The van der Waals surface area contributed by atoms with Crippen molar-refractivity contribution >= 4 is 22.1 Å². The molecule has 0 saturated heterocycles. The maximum absolute atomic E-state index is 12.1. The number of thiophene rings is 1. The first-order valence-corrected chi connectivity index (χ1v) is 8.55. The molecule has 0 aliphatic heterocycles. The van der Waals surface area contributed by atoms with Gasteiger partial charge in [-0.3, -0.25) is 4.21 Å². The minimum Gasteiger partial charge on any atom is -0.444 e. The molecule has 2 heterocycles. The van der Waals surface area contributed by atoms with Crippen LogP contribution in [0.3, 0.4) is 0 Å². The number of benzene rings is 1. The first-order valence-electron chi connectivity index (χ1n) is 6.18.